The predicted molar refractivity (Wildman–Crippen MR) is 81.4 cm³/mol. The maximum absolute atomic E-state index is 11.8. The van der Waals surface area contributed by atoms with Gasteiger partial charge in [0.15, 0.2) is 0 Å². The molecule has 0 aliphatic rings. The number of amides is 1. The molecule has 0 aliphatic carbocycles. The van der Waals surface area contributed by atoms with Crippen LogP contribution < -0.4 is 5.32 Å². The Morgan fingerprint density at radius 2 is 2.23 bits per heavy atom. The van der Waals surface area contributed by atoms with E-state index in [1.165, 1.54) is 12.3 Å². The van der Waals surface area contributed by atoms with Crippen LogP contribution in [0.1, 0.15) is 6.92 Å². The molecule has 0 saturated heterocycles. The summed E-state index contributed by atoms with van der Waals surface area (Å²) in [6, 6.07) is 4.57. The van der Waals surface area contributed by atoms with E-state index in [2.05, 4.69) is 31.0 Å². The average Bonchev–Trinajstić information content (AvgIpc) is 2.49. The lowest BCUT2D eigenvalue weighted by molar-refractivity contribution is -0.383. The van der Waals surface area contributed by atoms with Gasteiger partial charge in [0.05, 0.1) is 11.5 Å². The van der Waals surface area contributed by atoms with Gasteiger partial charge in [-0.3, -0.25) is 19.9 Å². The number of aromatic nitrogens is 1. The van der Waals surface area contributed by atoms with Gasteiger partial charge in [-0.25, -0.2) is 4.79 Å². The average molecular weight is 368 g/mol. The van der Waals surface area contributed by atoms with Crippen molar-refractivity contribution in [1.29, 1.82) is 0 Å². The number of ether oxygens (including phenoxy) is 1. The summed E-state index contributed by atoms with van der Waals surface area (Å²) in [6.07, 6.45) is 1.43. The molecule has 0 atom stereocenters. The molecule has 2 rings (SSSR count). The molecule has 1 aromatic heterocycles. The molecule has 1 heterocycles. The zero-order chi connectivity index (χ0) is 16.3. The predicted octanol–water partition coefficient (Wildman–Crippen LogP) is 2.41. The number of carbonyl (C=O) groups excluding carboxylic acids is 2. The molecule has 0 radical (unpaired) electrons. The van der Waals surface area contributed by atoms with E-state index in [4.69, 9.17) is 0 Å². The van der Waals surface area contributed by atoms with Gasteiger partial charge < -0.3 is 10.1 Å². The van der Waals surface area contributed by atoms with E-state index in [0.29, 0.717) is 9.86 Å². The van der Waals surface area contributed by atoms with Gasteiger partial charge >= 0.3 is 11.9 Å². The number of halogens is 1. The van der Waals surface area contributed by atoms with Crippen LogP contribution in [-0.4, -0.2) is 28.4 Å². The lowest BCUT2D eigenvalue weighted by atomic mass is 10.1. The van der Waals surface area contributed by atoms with Crippen molar-refractivity contribution in [2.75, 3.05) is 11.9 Å². The first-order valence-electron chi connectivity index (χ1n) is 6.15. The fourth-order valence-electron chi connectivity index (χ4n) is 1.82. The quantitative estimate of drug-likeness (QED) is 0.385. The molecule has 0 saturated carbocycles. The number of carbonyl (C=O) groups is 2. The second kappa shape index (κ2) is 6.48. The van der Waals surface area contributed by atoms with Gasteiger partial charge in [0.2, 0.25) is 0 Å². The fraction of sp³-hybridized carbons (Fsp3) is 0.154. The van der Waals surface area contributed by atoms with E-state index in [1.54, 1.807) is 19.1 Å². The van der Waals surface area contributed by atoms with E-state index >= 15 is 0 Å². The van der Waals surface area contributed by atoms with Gasteiger partial charge in [-0.05, 0) is 28.9 Å². The summed E-state index contributed by atoms with van der Waals surface area (Å²) in [5.74, 6) is -2.22. The summed E-state index contributed by atoms with van der Waals surface area (Å²) < 4.78 is 5.02. The minimum absolute atomic E-state index is 0.0215. The van der Waals surface area contributed by atoms with E-state index in [0.717, 1.165) is 0 Å². The van der Waals surface area contributed by atoms with E-state index in [1.807, 2.05) is 0 Å². The first-order chi connectivity index (χ1) is 10.5. The SMILES string of the molecule is CCOC(=O)C(=O)Nc1c([N+](=O)[O-])cc(Br)c2cccnc12. The highest BCUT2D eigenvalue weighted by atomic mass is 79.9. The normalized spacial score (nSPS) is 10.3. The van der Waals surface area contributed by atoms with Gasteiger partial charge in [0.1, 0.15) is 11.2 Å². The third kappa shape index (κ3) is 3.03. The van der Waals surface area contributed by atoms with Crippen LogP contribution >= 0.6 is 15.9 Å². The lowest BCUT2D eigenvalue weighted by Gasteiger charge is -2.09. The third-order valence-corrected chi connectivity index (χ3v) is 3.37. The van der Waals surface area contributed by atoms with Crippen molar-refractivity contribution in [2.24, 2.45) is 0 Å². The number of rotatable bonds is 3. The second-order valence-corrected chi connectivity index (χ2v) is 4.94. The molecule has 0 spiro atoms. The summed E-state index contributed by atoms with van der Waals surface area (Å²) in [5, 5.41) is 14.0. The van der Waals surface area contributed by atoms with Crippen LogP contribution in [0.25, 0.3) is 10.9 Å². The van der Waals surface area contributed by atoms with Crippen molar-refractivity contribution >= 4 is 50.1 Å². The number of fused-ring (bicyclic) bond motifs is 1. The number of hydrogen-bond acceptors (Lipinski definition) is 6. The lowest BCUT2D eigenvalue weighted by Crippen LogP contribution is -2.25. The third-order valence-electron chi connectivity index (χ3n) is 2.72. The van der Waals surface area contributed by atoms with Crippen LogP contribution in [0.15, 0.2) is 28.9 Å². The van der Waals surface area contributed by atoms with Crippen LogP contribution in [0.4, 0.5) is 11.4 Å². The van der Waals surface area contributed by atoms with Gasteiger partial charge in [0.25, 0.3) is 5.69 Å². The maximum Gasteiger partial charge on any atom is 0.397 e. The number of benzene rings is 1. The van der Waals surface area contributed by atoms with Crippen LogP contribution in [0.2, 0.25) is 0 Å². The molecule has 0 fully saturated rings. The van der Waals surface area contributed by atoms with Gasteiger partial charge in [-0.15, -0.1) is 0 Å². The zero-order valence-corrected chi connectivity index (χ0v) is 12.9. The molecule has 2 aromatic rings. The number of pyridine rings is 1. The van der Waals surface area contributed by atoms with E-state index in [-0.39, 0.29) is 23.5 Å². The molecule has 8 nitrogen and oxygen atoms in total. The largest absolute Gasteiger partial charge is 0.459 e. The van der Waals surface area contributed by atoms with Crippen molar-refractivity contribution in [2.45, 2.75) is 6.92 Å². The van der Waals surface area contributed by atoms with Crippen molar-refractivity contribution in [3.63, 3.8) is 0 Å². The van der Waals surface area contributed by atoms with Crippen LogP contribution in [0, 0.1) is 10.1 Å². The summed E-state index contributed by atoms with van der Waals surface area (Å²) in [4.78, 5) is 37.7. The van der Waals surface area contributed by atoms with Gasteiger partial charge in [0, 0.05) is 22.1 Å². The molecule has 22 heavy (non-hydrogen) atoms. The van der Waals surface area contributed by atoms with E-state index in [9.17, 15) is 19.7 Å². The molecule has 0 aliphatic heterocycles. The monoisotopic (exact) mass is 367 g/mol. The Kier molecular flexibility index (Phi) is 4.66. The highest BCUT2D eigenvalue weighted by Gasteiger charge is 2.25. The molecular weight excluding hydrogens is 358 g/mol. The second-order valence-electron chi connectivity index (χ2n) is 4.08. The standard InChI is InChI=1S/C13H10BrN3O5/c1-2-22-13(19)12(18)16-11-9(17(20)21)6-8(14)7-4-3-5-15-10(7)11/h3-6H,2H2,1H3,(H,16,18). The topological polar surface area (TPSA) is 111 Å². The highest BCUT2D eigenvalue weighted by Crippen LogP contribution is 2.36. The number of esters is 1. The van der Waals surface area contributed by atoms with Gasteiger partial charge in [-0.1, -0.05) is 6.07 Å². The number of nitro groups is 1. The summed E-state index contributed by atoms with van der Waals surface area (Å²) in [7, 11) is 0. The minimum atomic E-state index is -1.12. The first-order valence-corrected chi connectivity index (χ1v) is 6.94. The van der Waals surface area contributed by atoms with Crippen LogP contribution in [0.5, 0.6) is 0 Å². The number of hydrogen-bond donors (Lipinski definition) is 1. The Balaban J connectivity index is 2.57. The van der Waals surface area contributed by atoms with Gasteiger partial charge in [-0.2, -0.15) is 0 Å². The van der Waals surface area contributed by atoms with Crippen molar-refractivity contribution in [3.8, 4) is 0 Å². The Hall–Kier alpha value is -2.55. The van der Waals surface area contributed by atoms with Crippen LogP contribution in [-0.2, 0) is 14.3 Å². The fourth-order valence-corrected chi connectivity index (χ4v) is 2.35. The molecular formula is C13H10BrN3O5. The van der Waals surface area contributed by atoms with Crippen molar-refractivity contribution < 1.29 is 19.2 Å². The van der Waals surface area contributed by atoms with Crippen molar-refractivity contribution in [3.05, 3.63) is 39.0 Å². The first kappa shape index (κ1) is 15.8. The molecule has 1 aromatic carbocycles. The van der Waals surface area contributed by atoms with Crippen LogP contribution in [0.3, 0.4) is 0 Å². The Labute approximate surface area is 132 Å². The molecule has 0 unspecified atom stereocenters. The Morgan fingerprint density at radius 3 is 2.86 bits per heavy atom. The number of nitro benzene ring substituents is 1. The van der Waals surface area contributed by atoms with Crippen molar-refractivity contribution in [1.82, 2.24) is 4.98 Å². The molecule has 1 amide bonds. The molecule has 114 valence electrons. The summed E-state index contributed by atoms with van der Waals surface area (Å²) in [6.45, 7) is 1.57. The highest BCUT2D eigenvalue weighted by molar-refractivity contribution is 9.10. The molecule has 0 bridgehead atoms. The summed E-state index contributed by atoms with van der Waals surface area (Å²) in [5.41, 5.74) is -0.334. The molecule has 9 heteroatoms. The summed E-state index contributed by atoms with van der Waals surface area (Å²) >= 11 is 3.22. The Morgan fingerprint density at radius 1 is 1.50 bits per heavy atom. The number of anilines is 1. The Bertz CT molecular complexity index is 778. The minimum Gasteiger partial charge on any atom is -0.459 e. The molecule has 1 N–H and O–H groups in total. The number of nitrogens with zero attached hydrogens (tertiary/aromatic N) is 2. The maximum atomic E-state index is 11.8. The smallest absolute Gasteiger partial charge is 0.397 e. The zero-order valence-electron chi connectivity index (χ0n) is 11.3. The van der Waals surface area contributed by atoms with E-state index < -0.39 is 16.8 Å². The number of nitrogens with one attached hydrogen (secondary N) is 1.